The van der Waals surface area contributed by atoms with E-state index in [1.165, 1.54) is 12.1 Å². The first-order chi connectivity index (χ1) is 16.6. The van der Waals surface area contributed by atoms with Crippen molar-refractivity contribution in [1.29, 1.82) is 0 Å². The van der Waals surface area contributed by atoms with E-state index in [2.05, 4.69) is 15.2 Å². The van der Waals surface area contributed by atoms with Crippen molar-refractivity contribution in [2.75, 3.05) is 11.9 Å². The van der Waals surface area contributed by atoms with Crippen LogP contribution < -0.4 is 10.1 Å². The van der Waals surface area contributed by atoms with Gasteiger partial charge in [0.05, 0.1) is 17.8 Å². The van der Waals surface area contributed by atoms with Gasteiger partial charge in [0.25, 0.3) is 0 Å². The quantitative estimate of drug-likeness (QED) is 0.377. The molecule has 1 aliphatic heterocycles. The maximum absolute atomic E-state index is 12.8. The Labute approximate surface area is 201 Å². The number of amides is 2. The minimum absolute atomic E-state index is 0.0257. The van der Waals surface area contributed by atoms with Crippen LogP contribution >= 0.6 is 11.6 Å². The number of rotatable bonds is 5. The highest BCUT2D eigenvalue weighted by molar-refractivity contribution is 6.30. The van der Waals surface area contributed by atoms with E-state index in [0.717, 1.165) is 34.8 Å². The molecule has 0 radical (unpaired) electrons. The van der Waals surface area contributed by atoms with E-state index in [9.17, 15) is 26.7 Å². The number of benzene rings is 3. The van der Waals surface area contributed by atoms with Gasteiger partial charge in [0.15, 0.2) is 0 Å². The van der Waals surface area contributed by atoms with Gasteiger partial charge < -0.3 is 10.1 Å². The Kier molecular flexibility index (Phi) is 6.93. The van der Waals surface area contributed by atoms with E-state index in [1.807, 2.05) is 0 Å². The second-order valence-corrected chi connectivity index (χ2v) is 8.02. The van der Waals surface area contributed by atoms with Gasteiger partial charge in [0.1, 0.15) is 5.75 Å². The van der Waals surface area contributed by atoms with E-state index in [-0.39, 0.29) is 23.9 Å². The zero-order chi connectivity index (χ0) is 25.2. The number of ether oxygens (including phenoxy) is 1. The Bertz CT molecular complexity index is 1210. The zero-order valence-corrected chi connectivity index (χ0v) is 18.5. The van der Waals surface area contributed by atoms with Gasteiger partial charge in [-0.2, -0.15) is 27.1 Å². The Hall–Kier alpha value is -3.66. The molecule has 3 aromatic rings. The number of hydrogen-bond acceptors (Lipinski definition) is 3. The lowest BCUT2D eigenvalue weighted by molar-refractivity contribution is -0.137. The number of halogens is 6. The third-order valence-electron chi connectivity index (χ3n) is 5.26. The molecule has 35 heavy (non-hydrogen) atoms. The van der Waals surface area contributed by atoms with Crippen molar-refractivity contribution >= 4 is 29.0 Å². The normalized spacial score (nSPS) is 15.8. The van der Waals surface area contributed by atoms with E-state index in [1.54, 1.807) is 36.4 Å². The molecule has 0 saturated carbocycles. The number of hydrogen-bond donors (Lipinski definition) is 1. The number of alkyl halides is 5. The summed E-state index contributed by atoms with van der Waals surface area (Å²) in [4.78, 5) is 12.8. The maximum atomic E-state index is 12.8. The van der Waals surface area contributed by atoms with Crippen molar-refractivity contribution in [2.24, 2.45) is 5.10 Å². The van der Waals surface area contributed by atoms with Gasteiger partial charge in [0.2, 0.25) is 0 Å². The molecule has 2 amide bonds. The van der Waals surface area contributed by atoms with E-state index in [0.29, 0.717) is 16.3 Å². The van der Waals surface area contributed by atoms with Crippen molar-refractivity contribution in [2.45, 2.75) is 18.7 Å². The molecule has 1 unspecified atom stereocenters. The van der Waals surface area contributed by atoms with Crippen molar-refractivity contribution in [3.05, 3.63) is 94.5 Å². The summed E-state index contributed by atoms with van der Waals surface area (Å²) in [6.07, 6.45) is -4.49. The fourth-order valence-electron chi connectivity index (χ4n) is 3.58. The van der Waals surface area contributed by atoms with E-state index < -0.39 is 24.4 Å². The summed E-state index contributed by atoms with van der Waals surface area (Å²) >= 11 is 5.99. The molecule has 0 fully saturated rings. The van der Waals surface area contributed by atoms with Crippen LogP contribution in [-0.4, -0.2) is 29.9 Å². The van der Waals surface area contributed by atoms with Crippen molar-refractivity contribution in [1.82, 2.24) is 5.01 Å². The number of anilines is 1. The number of urea groups is 1. The summed E-state index contributed by atoms with van der Waals surface area (Å²) in [7, 11) is 0. The molecule has 1 N–H and O–H groups in total. The third-order valence-corrected chi connectivity index (χ3v) is 5.51. The van der Waals surface area contributed by atoms with Crippen LogP contribution in [0.3, 0.4) is 0 Å². The summed E-state index contributed by atoms with van der Waals surface area (Å²) in [5, 5.41) is 8.64. The number of nitrogens with zero attached hydrogens (tertiary/aromatic N) is 2. The van der Waals surface area contributed by atoms with Gasteiger partial charge in [-0.05, 0) is 71.8 Å². The summed E-state index contributed by atoms with van der Waals surface area (Å²) in [5.74, 6) is -0.394. The van der Waals surface area contributed by atoms with Gasteiger partial charge in [-0.3, -0.25) is 0 Å². The minimum atomic E-state index is -4.49. The molecular weight excluding hydrogens is 493 g/mol. The summed E-state index contributed by atoms with van der Waals surface area (Å²) in [5.41, 5.74) is 1.23. The molecule has 0 spiro atoms. The van der Waals surface area contributed by atoms with Gasteiger partial charge in [0, 0.05) is 16.6 Å². The Morgan fingerprint density at radius 1 is 1.00 bits per heavy atom. The van der Waals surface area contributed by atoms with E-state index in [4.69, 9.17) is 11.6 Å². The molecule has 1 heterocycles. The van der Waals surface area contributed by atoms with Crippen LogP contribution in [0.15, 0.2) is 77.9 Å². The second kappa shape index (κ2) is 9.91. The Balaban J connectivity index is 1.58. The number of carbonyl (C=O) groups excluding carboxylic acids is 1. The number of nitrogens with one attached hydrogen (secondary N) is 1. The average molecular weight is 510 g/mol. The maximum Gasteiger partial charge on any atom is 0.416 e. The van der Waals surface area contributed by atoms with Crippen LogP contribution in [0.4, 0.5) is 32.4 Å². The molecule has 11 heteroatoms. The standard InChI is InChI=1S/C24H17ClF5N3O2/c25-17-7-1-14(2-8-17)20-13-33(23(34)31-18-9-5-16(6-10-18)24(28,29)30)32-21(20)15-3-11-19(12-4-15)35-22(26)27/h1-12,20,22H,13H2,(H,31,34). The van der Waals surface area contributed by atoms with E-state index >= 15 is 0 Å². The molecular formula is C24H17ClF5N3O2. The zero-order valence-electron chi connectivity index (χ0n) is 17.8. The number of carbonyl (C=O) groups is 1. The summed E-state index contributed by atoms with van der Waals surface area (Å²) < 4.78 is 67.7. The topological polar surface area (TPSA) is 53.9 Å². The Morgan fingerprint density at radius 2 is 1.63 bits per heavy atom. The van der Waals surface area contributed by atoms with Crippen LogP contribution in [0, 0.1) is 0 Å². The second-order valence-electron chi connectivity index (χ2n) is 7.58. The van der Waals surface area contributed by atoms with Gasteiger partial charge in [-0.15, -0.1) is 0 Å². The lowest BCUT2D eigenvalue weighted by Gasteiger charge is -2.16. The first-order valence-corrected chi connectivity index (χ1v) is 10.6. The fourth-order valence-corrected chi connectivity index (χ4v) is 3.71. The van der Waals surface area contributed by atoms with Crippen LogP contribution in [-0.2, 0) is 6.18 Å². The third kappa shape index (κ3) is 5.89. The van der Waals surface area contributed by atoms with Crippen LogP contribution in [0.25, 0.3) is 0 Å². The van der Waals surface area contributed by atoms with Crippen molar-refractivity contribution in [3.8, 4) is 5.75 Å². The predicted octanol–water partition coefficient (Wildman–Crippen LogP) is 7.00. The monoisotopic (exact) mass is 509 g/mol. The van der Waals surface area contributed by atoms with Gasteiger partial charge >= 0.3 is 18.8 Å². The van der Waals surface area contributed by atoms with Crippen molar-refractivity contribution in [3.63, 3.8) is 0 Å². The molecule has 182 valence electrons. The Morgan fingerprint density at radius 3 is 2.20 bits per heavy atom. The highest BCUT2D eigenvalue weighted by Crippen LogP contribution is 2.32. The molecule has 0 saturated heterocycles. The van der Waals surface area contributed by atoms with Gasteiger partial charge in [-0.25, -0.2) is 9.80 Å². The first kappa shape index (κ1) is 24.5. The molecule has 1 atom stereocenters. The van der Waals surface area contributed by atoms with Crippen LogP contribution in [0.1, 0.15) is 22.6 Å². The SMILES string of the molecule is O=C(Nc1ccc(C(F)(F)F)cc1)N1CC(c2ccc(Cl)cc2)C(c2ccc(OC(F)F)cc2)=N1. The predicted molar refractivity (Wildman–Crippen MR) is 121 cm³/mol. The van der Waals surface area contributed by atoms with Crippen molar-refractivity contribution < 1.29 is 31.5 Å². The molecule has 0 aliphatic carbocycles. The summed E-state index contributed by atoms with van der Waals surface area (Å²) in [6.45, 7) is -2.82. The lowest BCUT2D eigenvalue weighted by Crippen LogP contribution is -2.30. The highest BCUT2D eigenvalue weighted by atomic mass is 35.5. The lowest BCUT2D eigenvalue weighted by atomic mass is 9.90. The first-order valence-electron chi connectivity index (χ1n) is 10.2. The minimum Gasteiger partial charge on any atom is -0.435 e. The largest absolute Gasteiger partial charge is 0.435 e. The molecule has 0 aromatic heterocycles. The molecule has 4 rings (SSSR count). The van der Waals surface area contributed by atoms with Gasteiger partial charge in [-0.1, -0.05) is 23.7 Å². The molecule has 5 nitrogen and oxygen atoms in total. The molecule has 3 aromatic carbocycles. The molecule has 0 bridgehead atoms. The highest BCUT2D eigenvalue weighted by Gasteiger charge is 2.33. The van der Waals surface area contributed by atoms with Crippen LogP contribution in [0.2, 0.25) is 5.02 Å². The average Bonchev–Trinajstić information content (AvgIpc) is 3.25. The smallest absolute Gasteiger partial charge is 0.416 e. The molecule has 1 aliphatic rings. The fraction of sp³-hybridized carbons (Fsp3) is 0.167. The summed E-state index contributed by atoms with van der Waals surface area (Å²) in [6, 6.07) is 16.2. The number of hydrazone groups is 1. The van der Waals surface area contributed by atoms with Crippen LogP contribution in [0.5, 0.6) is 5.75 Å².